The highest BCUT2D eigenvalue weighted by Gasteiger charge is 2.19. The molecule has 0 atom stereocenters. The molecule has 15 heteroatoms. The number of hydrogen-bond donors (Lipinski definition) is 4. The number of rotatable bonds is 14. The zero-order valence-electron chi connectivity index (χ0n) is 27.7. The molecule has 1 aromatic carbocycles. The number of oxazole rings is 1. The van der Waals surface area contributed by atoms with Crippen LogP contribution in [-0.2, 0) is 29.1 Å². The summed E-state index contributed by atoms with van der Waals surface area (Å²) in [5.41, 5.74) is 14.0. The van der Waals surface area contributed by atoms with Crippen molar-refractivity contribution < 1.29 is 33.4 Å². The lowest BCUT2D eigenvalue weighted by Crippen LogP contribution is -2.24. The van der Waals surface area contributed by atoms with Crippen LogP contribution in [-0.4, -0.2) is 56.2 Å². The molecule has 6 N–H and O–H groups in total. The van der Waals surface area contributed by atoms with Crippen LogP contribution in [0, 0.1) is 6.92 Å². The summed E-state index contributed by atoms with van der Waals surface area (Å²) < 4.78 is 19.2. The molecule has 0 saturated heterocycles. The van der Waals surface area contributed by atoms with E-state index in [1.54, 1.807) is 29.7 Å². The number of hydrogen-bond acceptors (Lipinski definition) is 12. The van der Waals surface area contributed by atoms with Crippen LogP contribution in [0.1, 0.15) is 78.6 Å². The number of carbonyl (C=O) groups excluding carboxylic acids is 3. The normalized spacial score (nSPS) is 12.2. The predicted molar refractivity (Wildman–Crippen MR) is 182 cm³/mol. The summed E-state index contributed by atoms with van der Waals surface area (Å²) in [7, 11) is 0. The molecule has 0 bridgehead atoms. The van der Waals surface area contributed by atoms with Gasteiger partial charge in [-0.2, -0.15) is 4.99 Å². The molecule has 2 amide bonds. The maximum Gasteiger partial charge on any atom is 0.317 e. The van der Waals surface area contributed by atoms with E-state index in [1.165, 1.54) is 17.5 Å². The van der Waals surface area contributed by atoms with Crippen molar-refractivity contribution in [3.8, 4) is 5.75 Å². The Labute approximate surface area is 281 Å². The summed E-state index contributed by atoms with van der Waals surface area (Å²) in [6.45, 7) is 9.64. The molecule has 4 aromatic rings. The second kappa shape index (κ2) is 15.7. The highest BCUT2D eigenvalue weighted by Crippen LogP contribution is 2.33. The fourth-order valence-corrected chi connectivity index (χ4v) is 5.70. The van der Waals surface area contributed by atoms with Crippen molar-refractivity contribution in [2.45, 2.75) is 72.6 Å². The molecule has 0 aliphatic carbocycles. The van der Waals surface area contributed by atoms with Crippen molar-refractivity contribution in [3.05, 3.63) is 69.8 Å². The molecular weight excluding hydrogens is 638 g/mol. The van der Waals surface area contributed by atoms with Gasteiger partial charge >= 0.3 is 11.9 Å². The number of fused-ring (bicyclic) bond motifs is 1. The van der Waals surface area contributed by atoms with E-state index < -0.39 is 17.4 Å². The number of thiazole rings is 1. The Morgan fingerprint density at radius 1 is 1.21 bits per heavy atom. The van der Waals surface area contributed by atoms with Gasteiger partial charge in [0.15, 0.2) is 16.3 Å². The van der Waals surface area contributed by atoms with Gasteiger partial charge in [-0.25, -0.2) is 9.97 Å². The maximum atomic E-state index is 13.1. The monoisotopic (exact) mass is 679 g/mol. The van der Waals surface area contributed by atoms with Crippen molar-refractivity contribution in [2.75, 3.05) is 24.2 Å². The molecule has 0 aliphatic rings. The molecular formula is C33H41N7O7S. The summed E-state index contributed by atoms with van der Waals surface area (Å²) in [6.07, 6.45) is 6.25. The highest BCUT2D eigenvalue weighted by molar-refractivity contribution is 7.16. The number of benzene rings is 1. The number of anilines is 2. The minimum Gasteiger partial charge on any atom is -0.491 e. The van der Waals surface area contributed by atoms with Crippen LogP contribution in [0.5, 0.6) is 5.75 Å². The minimum absolute atomic E-state index is 0.0807. The molecule has 0 aliphatic heterocycles. The summed E-state index contributed by atoms with van der Waals surface area (Å²) in [5, 5.41) is 12.9. The van der Waals surface area contributed by atoms with Crippen molar-refractivity contribution in [1.82, 2.24) is 14.5 Å². The van der Waals surface area contributed by atoms with Gasteiger partial charge in [0.25, 0.3) is 0 Å². The van der Waals surface area contributed by atoms with Gasteiger partial charge < -0.3 is 35.8 Å². The first-order valence-corrected chi connectivity index (χ1v) is 16.2. The molecule has 3 aromatic heterocycles. The van der Waals surface area contributed by atoms with Crippen LogP contribution in [0.25, 0.3) is 10.3 Å². The lowest BCUT2D eigenvalue weighted by atomic mass is 10.1. The first kappa shape index (κ1) is 35.8. The predicted octanol–water partition coefficient (Wildman–Crippen LogP) is 4.04. The number of allylic oxidation sites excluding steroid dienone is 1. The number of nitrogen functional groups attached to an aromatic ring is 1. The fraction of sp³-hybridized carbons (Fsp3) is 0.394. The highest BCUT2D eigenvalue weighted by atomic mass is 32.1. The Hall–Kier alpha value is -5.02. The number of aryl methyl sites for hydroxylation is 2. The molecule has 3 heterocycles. The number of amides is 2. The Balaban J connectivity index is 1.51. The van der Waals surface area contributed by atoms with Crippen LogP contribution in [0.2, 0.25) is 0 Å². The molecule has 0 fully saturated rings. The number of carbonyl (C=O) groups is 3. The number of primary amides is 1. The third-order valence-electron chi connectivity index (χ3n) is 6.77. The zero-order valence-corrected chi connectivity index (χ0v) is 28.5. The molecule has 14 nitrogen and oxygen atoms in total. The number of ether oxygens (including phenoxy) is 2. The lowest BCUT2D eigenvalue weighted by Gasteiger charge is -2.19. The van der Waals surface area contributed by atoms with Gasteiger partial charge in [0.05, 0.1) is 34.9 Å². The number of nitrogens with one attached hydrogen (secondary N) is 1. The molecule has 4 rings (SSSR count). The molecule has 0 radical (unpaired) electrons. The van der Waals surface area contributed by atoms with Crippen LogP contribution in [0.3, 0.4) is 0 Å². The van der Waals surface area contributed by atoms with E-state index in [2.05, 4.69) is 20.3 Å². The van der Waals surface area contributed by atoms with Crippen molar-refractivity contribution in [1.29, 1.82) is 0 Å². The molecule has 48 heavy (non-hydrogen) atoms. The third-order valence-corrected chi connectivity index (χ3v) is 7.78. The van der Waals surface area contributed by atoms with Gasteiger partial charge in [-0.15, -0.1) is 0 Å². The van der Waals surface area contributed by atoms with E-state index >= 15 is 0 Å². The number of aliphatic hydroxyl groups excluding tert-OH is 1. The van der Waals surface area contributed by atoms with Gasteiger partial charge in [0, 0.05) is 32.6 Å². The number of nitrogens with zero attached hydrogens (tertiary/aromatic N) is 4. The quantitative estimate of drug-likeness (QED) is 0.0647. The van der Waals surface area contributed by atoms with Crippen molar-refractivity contribution >= 4 is 50.8 Å². The van der Waals surface area contributed by atoms with Gasteiger partial charge in [-0.1, -0.05) is 30.4 Å². The van der Waals surface area contributed by atoms with Crippen LogP contribution in [0.4, 0.5) is 11.4 Å². The Bertz CT molecular complexity index is 1900. The first-order valence-electron chi connectivity index (χ1n) is 15.4. The second-order valence-electron chi connectivity index (χ2n) is 11.8. The van der Waals surface area contributed by atoms with E-state index in [9.17, 15) is 19.5 Å². The first-order chi connectivity index (χ1) is 22.8. The van der Waals surface area contributed by atoms with E-state index in [-0.39, 0.29) is 36.9 Å². The van der Waals surface area contributed by atoms with Crippen molar-refractivity contribution in [3.63, 3.8) is 0 Å². The number of esters is 1. The van der Waals surface area contributed by atoms with Crippen LogP contribution in [0.15, 0.2) is 46.0 Å². The average Bonchev–Trinajstić information content (AvgIpc) is 3.57. The largest absolute Gasteiger partial charge is 0.491 e. The topological polar surface area (TPSA) is 210 Å². The average molecular weight is 680 g/mol. The van der Waals surface area contributed by atoms with E-state index in [4.69, 9.17) is 25.4 Å². The Kier molecular flexibility index (Phi) is 11.7. The minimum atomic E-state index is -0.618. The standard InChI is InChI=1S/C33H41N7O7S/c1-6-23-28(46-19(2)38-23)31(44)39-32-40(30-25(48-32)16-21(17-37-30)29(35)43)12-8-7-11-36-27-22(34)14-20(18-41)15-24(27)45-13-9-10-26(42)47-33(3,4)5/h7-8,14-17,36,41H,6,9-13,18,34H2,1-5H3,(H2,35,43)/b8-7+,39-32?. The number of aliphatic hydroxyl groups is 1. The fourth-order valence-electron chi connectivity index (χ4n) is 4.66. The summed E-state index contributed by atoms with van der Waals surface area (Å²) >= 11 is 1.19. The van der Waals surface area contributed by atoms with E-state index in [1.807, 2.05) is 39.8 Å². The number of aromatic nitrogens is 3. The van der Waals surface area contributed by atoms with E-state index in [0.717, 1.165) is 0 Å². The van der Waals surface area contributed by atoms with Crippen LogP contribution < -0.4 is 26.3 Å². The Morgan fingerprint density at radius 2 is 1.98 bits per heavy atom. The smallest absolute Gasteiger partial charge is 0.317 e. The molecule has 0 saturated carbocycles. The van der Waals surface area contributed by atoms with Crippen molar-refractivity contribution in [2.24, 2.45) is 10.7 Å². The summed E-state index contributed by atoms with van der Waals surface area (Å²) in [4.78, 5) is 50.3. The molecule has 0 unspecified atom stereocenters. The summed E-state index contributed by atoms with van der Waals surface area (Å²) in [5.74, 6) is -0.604. The molecule has 0 spiro atoms. The van der Waals surface area contributed by atoms with Crippen LogP contribution >= 0.6 is 11.3 Å². The third kappa shape index (κ3) is 9.29. The lowest BCUT2D eigenvalue weighted by molar-refractivity contribution is -0.155. The maximum absolute atomic E-state index is 13.1. The zero-order chi connectivity index (χ0) is 35.0. The second-order valence-corrected chi connectivity index (χ2v) is 12.8. The van der Waals surface area contributed by atoms with Gasteiger partial charge in [0.2, 0.25) is 11.7 Å². The Morgan fingerprint density at radius 3 is 2.67 bits per heavy atom. The van der Waals surface area contributed by atoms with Gasteiger partial charge in [-0.05, 0) is 57.4 Å². The van der Waals surface area contributed by atoms with E-state index in [0.29, 0.717) is 75.4 Å². The number of nitrogens with two attached hydrogens (primary N) is 2. The number of pyridine rings is 1. The van der Waals surface area contributed by atoms with Gasteiger partial charge in [0.1, 0.15) is 17.0 Å². The summed E-state index contributed by atoms with van der Waals surface area (Å²) in [6, 6.07) is 4.97. The SMILES string of the molecule is CCc1nc(C)oc1C(=O)N=c1sc2cc(C(N)=O)cnc2n1C/C=C/CNc1c(N)cc(CO)cc1OCCCC(=O)OC(C)(C)C. The van der Waals surface area contributed by atoms with Gasteiger partial charge in [-0.3, -0.25) is 19.0 Å². The molecule has 256 valence electrons.